The average molecular weight is 318 g/mol. The van der Waals surface area contributed by atoms with Crippen molar-refractivity contribution in [2.45, 2.75) is 85.1 Å². The average Bonchev–Trinajstić information content (AvgIpc) is 3.01. The summed E-state index contributed by atoms with van der Waals surface area (Å²) in [6.45, 7) is 8.11. The van der Waals surface area contributed by atoms with Crippen LogP contribution in [0.25, 0.3) is 0 Å². The molecule has 0 amide bonds. The maximum absolute atomic E-state index is 4.31. The van der Waals surface area contributed by atoms with Gasteiger partial charge in [0.1, 0.15) is 12.7 Å². The Morgan fingerprint density at radius 3 is 2.78 bits per heavy atom. The summed E-state index contributed by atoms with van der Waals surface area (Å²) in [6.07, 6.45) is 20.5. The summed E-state index contributed by atoms with van der Waals surface area (Å²) in [6, 6.07) is 0. The van der Waals surface area contributed by atoms with Gasteiger partial charge in [0.05, 0.1) is 0 Å². The van der Waals surface area contributed by atoms with Crippen LogP contribution in [0.4, 0.5) is 0 Å². The van der Waals surface area contributed by atoms with Gasteiger partial charge in [0, 0.05) is 6.54 Å². The van der Waals surface area contributed by atoms with Crippen molar-refractivity contribution in [3.8, 4) is 0 Å². The number of nitrogens with zero attached hydrogens (tertiary/aromatic N) is 3. The van der Waals surface area contributed by atoms with E-state index < -0.39 is 0 Å². The second-order valence-corrected chi connectivity index (χ2v) is 8.08. The van der Waals surface area contributed by atoms with E-state index in [-0.39, 0.29) is 0 Å². The second-order valence-electron chi connectivity index (χ2n) is 8.08. The van der Waals surface area contributed by atoms with Gasteiger partial charge in [-0.3, -0.25) is 4.68 Å². The van der Waals surface area contributed by atoms with Crippen LogP contribution >= 0.6 is 0 Å². The minimum absolute atomic E-state index is 0.468. The minimum Gasteiger partial charge on any atom is -0.253 e. The van der Waals surface area contributed by atoms with E-state index in [0.29, 0.717) is 17.3 Å². The van der Waals surface area contributed by atoms with Gasteiger partial charge >= 0.3 is 0 Å². The predicted octanol–water partition coefficient (Wildman–Crippen LogP) is 5.64. The SMILES string of the molecule is CCCCCCCC=CC1CCC(C)(C)CC1Cn1cncn1. The molecule has 0 bridgehead atoms. The Bertz CT molecular complexity index is 447. The number of hydrogen-bond donors (Lipinski definition) is 0. The van der Waals surface area contributed by atoms with Crippen molar-refractivity contribution in [3.63, 3.8) is 0 Å². The number of aromatic nitrogens is 3. The molecule has 2 rings (SSSR count). The van der Waals surface area contributed by atoms with E-state index in [1.54, 1.807) is 6.33 Å². The molecule has 2 atom stereocenters. The first-order valence-corrected chi connectivity index (χ1v) is 9.60. The highest BCUT2D eigenvalue weighted by Crippen LogP contribution is 2.43. The van der Waals surface area contributed by atoms with Crippen LogP contribution in [-0.2, 0) is 6.54 Å². The van der Waals surface area contributed by atoms with E-state index in [4.69, 9.17) is 0 Å². The van der Waals surface area contributed by atoms with Crippen LogP contribution in [0.5, 0.6) is 0 Å². The van der Waals surface area contributed by atoms with Crippen LogP contribution < -0.4 is 0 Å². The molecular weight excluding hydrogens is 282 g/mol. The van der Waals surface area contributed by atoms with E-state index >= 15 is 0 Å². The van der Waals surface area contributed by atoms with E-state index in [2.05, 4.69) is 43.0 Å². The second kappa shape index (κ2) is 9.24. The molecule has 1 aromatic heterocycles. The fourth-order valence-electron chi connectivity index (χ4n) is 3.91. The van der Waals surface area contributed by atoms with Crippen molar-refractivity contribution in [1.29, 1.82) is 0 Å². The molecule has 1 heterocycles. The first-order valence-electron chi connectivity index (χ1n) is 9.60. The van der Waals surface area contributed by atoms with Gasteiger partial charge in [-0.05, 0) is 49.4 Å². The molecule has 0 aliphatic heterocycles. The normalized spacial score (nSPS) is 24.3. The Balaban J connectivity index is 1.82. The van der Waals surface area contributed by atoms with Gasteiger partial charge in [-0.2, -0.15) is 5.10 Å². The van der Waals surface area contributed by atoms with Crippen LogP contribution in [0.3, 0.4) is 0 Å². The highest BCUT2D eigenvalue weighted by molar-refractivity contribution is 4.96. The molecule has 1 fully saturated rings. The lowest BCUT2D eigenvalue weighted by molar-refractivity contribution is 0.125. The van der Waals surface area contributed by atoms with Crippen LogP contribution in [0.15, 0.2) is 24.8 Å². The van der Waals surface area contributed by atoms with Crippen molar-refractivity contribution in [1.82, 2.24) is 14.8 Å². The number of hydrogen-bond acceptors (Lipinski definition) is 2. The Morgan fingerprint density at radius 2 is 2.04 bits per heavy atom. The first kappa shape index (κ1) is 18.2. The zero-order valence-corrected chi connectivity index (χ0v) is 15.4. The molecule has 1 aliphatic carbocycles. The van der Waals surface area contributed by atoms with Gasteiger partial charge in [0.2, 0.25) is 0 Å². The molecular formula is C20H35N3. The molecule has 0 aromatic carbocycles. The van der Waals surface area contributed by atoms with E-state index in [1.165, 1.54) is 57.8 Å². The maximum atomic E-state index is 4.31. The van der Waals surface area contributed by atoms with Gasteiger partial charge in [-0.1, -0.05) is 58.6 Å². The number of unbranched alkanes of at least 4 members (excludes halogenated alkanes) is 5. The van der Waals surface area contributed by atoms with Gasteiger partial charge in [0.25, 0.3) is 0 Å². The van der Waals surface area contributed by atoms with Crippen molar-refractivity contribution in [3.05, 3.63) is 24.8 Å². The Labute approximate surface area is 142 Å². The summed E-state index contributed by atoms with van der Waals surface area (Å²) in [5, 5.41) is 4.31. The quantitative estimate of drug-likeness (QED) is 0.436. The predicted molar refractivity (Wildman–Crippen MR) is 97.2 cm³/mol. The third kappa shape index (κ3) is 6.48. The van der Waals surface area contributed by atoms with Crippen LogP contribution in [-0.4, -0.2) is 14.8 Å². The maximum Gasteiger partial charge on any atom is 0.137 e. The molecule has 130 valence electrons. The fourth-order valence-corrected chi connectivity index (χ4v) is 3.91. The molecule has 3 heteroatoms. The van der Waals surface area contributed by atoms with E-state index in [9.17, 15) is 0 Å². The minimum atomic E-state index is 0.468. The van der Waals surface area contributed by atoms with Gasteiger partial charge in [-0.15, -0.1) is 0 Å². The molecule has 23 heavy (non-hydrogen) atoms. The summed E-state index contributed by atoms with van der Waals surface area (Å²) in [4.78, 5) is 4.09. The third-order valence-corrected chi connectivity index (χ3v) is 5.32. The van der Waals surface area contributed by atoms with Crippen LogP contribution in [0, 0.1) is 17.3 Å². The number of rotatable bonds is 9. The third-order valence-electron chi connectivity index (χ3n) is 5.32. The van der Waals surface area contributed by atoms with Crippen molar-refractivity contribution in [2.24, 2.45) is 17.3 Å². The van der Waals surface area contributed by atoms with Gasteiger partial charge in [-0.25, -0.2) is 4.98 Å². The molecule has 0 spiro atoms. The highest BCUT2D eigenvalue weighted by Gasteiger charge is 2.33. The van der Waals surface area contributed by atoms with Crippen molar-refractivity contribution < 1.29 is 0 Å². The number of allylic oxidation sites excluding steroid dienone is 2. The van der Waals surface area contributed by atoms with Crippen LogP contribution in [0.1, 0.15) is 78.6 Å². The lowest BCUT2D eigenvalue weighted by Crippen LogP contribution is -2.31. The van der Waals surface area contributed by atoms with Gasteiger partial charge < -0.3 is 0 Å². The summed E-state index contributed by atoms with van der Waals surface area (Å²) in [5.41, 5.74) is 0.468. The van der Waals surface area contributed by atoms with Gasteiger partial charge in [0.15, 0.2) is 0 Å². The fraction of sp³-hybridized carbons (Fsp3) is 0.800. The lowest BCUT2D eigenvalue weighted by atomic mass is 9.67. The van der Waals surface area contributed by atoms with E-state index in [1.807, 2.05) is 11.0 Å². The van der Waals surface area contributed by atoms with Crippen molar-refractivity contribution >= 4 is 0 Å². The lowest BCUT2D eigenvalue weighted by Gasteiger charge is -2.39. The monoisotopic (exact) mass is 317 g/mol. The summed E-state index contributed by atoms with van der Waals surface area (Å²) in [5.74, 6) is 1.40. The molecule has 0 saturated heterocycles. The Kier molecular flexibility index (Phi) is 7.32. The largest absolute Gasteiger partial charge is 0.253 e. The molecule has 3 nitrogen and oxygen atoms in total. The highest BCUT2D eigenvalue weighted by atomic mass is 15.3. The molecule has 0 N–H and O–H groups in total. The summed E-state index contributed by atoms with van der Waals surface area (Å²) < 4.78 is 2.01. The summed E-state index contributed by atoms with van der Waals surface area (Å²) >= 11 is 0. The topological polar surface area (TPSA) is 30.7 Å². The standard InChI is InChI=1S/C20H35N3/c1-4-5-6-7-8-9-10-11-18-12-13-20(2,3)14-19(18)15-23-17-21-16-22-23/h10-11,16-19H,4-9,12-15H2,1-3H3. The molecule has 2 unspecified atom stereocenters. The zero-order chi connectivity index (χ0) is 16.5. The Morgan fingerprint density at radius 1 is 1.22 bits per heavy atom. The molecule has 1 saturated carbocycles. The van der Waals surface area contributed by atoms with Crippen LogP contribution in [0.2, 0.25) is 0 Å². The zero-order valence-electron chi connectivity index (χ0n) is 15.4. The Hall–Kier alpha value is -1.12. The molecule has 0 radical (unpaired) electrons. The summed E-state index contributed by atoms with van der Waals surface area (Å²) in [7, 11) is 0. The molecule has 1 aliphatic rings. The van der Waals surface area contributed by atoms with E-state index in [0.717, 1.165) is 6.54 Å². The molecule has 1 aromatic rings. The smallest absolute Gasteiger partial charge is 0.137 e. The first-order chi connectivity index (χ1) is 11.1. The van der Waals surface area contributed by atoms with Crippen molar-refractivity contribution in [2.75, 3.05) is 0 Å².